The second-order valence-corrected chi connectivity index (χ2v) is 8.33. The first kappa shape index (κ1) is 17.4. The van der Waals surface area contributed by atoms with Crippen LogP contribution in [0.3, 0.4) is 0 Å². The van der Waals surface area contributed by atoms with Crippen molar-refractivity contribution >= 4 is 9.84 Å². The Bertz CT molecular complexity index is 570. The molecule has 0 saturated carbocycles. The monoisotopic (exact) mass is 329 g/mol. The molecule has 2 rings (SSSR count). The summed E-state index contributed by atoms with van der Waals surface area (Å²) in [5, 5.41) is 7.75. The number of hydrogen-bond donors (Lipinski definition) is 1. The first-order chi connectivity index (χ1) is 10.4. The Labute approximate surface area is 133 Å². The molecule has 1 saturated heterocycles. The molecule has 0 bridgehead atoms. The number of hydrogen-bond acceptors (Lipinski definition) is 5. The van der Waals surface area contributed by atoms with Crippen molar-refractivity contribution in [1.29, 1.82) is 0 Å². The molecule has 1 aliphatic rings. The van der Waals surface area contributed by atoms with Gasteiger partial charge in [-0.3, -0.25) is 4.68 Å². The van der Waals surface area contributed by atoms with Crippen molar-refractivity contribution in [2.75, 3.05) is 18.1 Å². The molecule has 0 spiro atoms. The molecule has 3 atom stereocenters. The summed E-state index contributed by atoms with van der Waals surface area (Å²) in [5.41, 5.74) is 1.06. The van der Waals surface area contributed by atoms with Crippen molar-refractivity contribution in [3.8, 4) is 0 Å². The van der Waals surface area contributed by atoms with Crippen LogP contribution < -0.4 is 5.32 Å². The number of nitrogens with zero attached hydrogens (tertiary/aromatic N) is 2. The van der Waals surface area contributed by atoms with Gasteiger partial charge in [-0.05, 0) is 26.7 Å². The molecule has 126 valence electrons. The molecule has 1 aliphatic heterocycles. The molecule has 1 fully saturated rings. The van der Waals surface area contributed by atoms with Gasteiger partial charge in [-0.1, -0.05) is 6.92 Å². The standard InChI is InChI=1S/C15H27N3O3S/c1-4-18-10-13(9-16-18)15-14(7-6-8-21-15)17-12(3)11-22(19,20)5-2/h9-10,12,14-15,17H,4-8,11H2,1-3H3/t12-,14-,15+/m0/s1. The van der Waals surface area contributed by atoms with Crippen LogP contribution in [-0.2, 0) is 21.1 Å². The quantitative estimate of drug-likeness (QED) is 0.821. The SMILES string of the molecule is CCn1cc([C@H]2OCCC[C@@H]2N[C@@H](C)CS(=O)(=O)CC)cn1. The smallest absolute Gasteiger partial charge is 0.151 e. The molecule has 0 aliphatic carbocycles. The average Bonchev–Trinajstić information content (AvgIpc) is 2.96. The van der Waals surface area contributed by atoms with E-state index in [-0.39, 0.29) is 29.7 Å². The van der Waals surface area contributed by atoms with E-state index < -0.39 is 9.84 Å². The fourth-order valence-corrected chi connectivity index (χ4v) is 3.99. The third kappa shape index (κ3) is 4.54. The topological polar surface area (TPSA) is 73.2 Å². The minimum atomic E-state index is -2.97. The molecule has 0 aromatic carbocycles. The minimum absolute atomic E-state index is 0.0548. The molecule has 7 heteroatoms. The third-order valence-electron chi connectivity index (χ3n) is 4.07. The lowest BCUT2D eigenvalue weighted by Crippen LogP contribution is -2.46. The van der Waals surface area contributed by atoms with Crippen molar-refractivity contribution in [2.45, 2.75) is 58.3 Å². The summed E-state index contributed by atoms with van der Waals surface area (Å²) in [6.07, 6.45) is 5.78. The van der Waals surface area contributed by atoms with Gasteiger partial charge in [0.25, 0.3) is 0 Å². The number of rotatable bonds is 7. The summed E-state index contributed by atoms with van der Waals surface area (Å²) in [6.45, 7) is 7.23. The summed E-state index contributed by atoms with van der Waals surface area (Å²) < 4.78 is 31.3. The molecular formula is C15H27N3O3S. The number of nitrogens with one attached hydrogen (secondary N) is 1. The van der Waals surface area contributed by atoms with E-state index in [1.807, 2.05) is 30.9 Å². The molecule has 6 nitrogen and oxygen atoms in total. The number of sulfone groups is 1. The van der Waals surface area contributed by atoms with E-state index in [1.165, 1.54) is 0 Å². The van der Waals surface area contributed by atoms with Crippen molar-refractivity contribution in [3.05, 3.63) is 18.0 Å². The van der Waals surface area contributed by atoms with E-state index in [0.29, 0.717) is 0 Å². The lowest BCUT2D eigenvalue weighted by atomic mass is 9.97. The van der Waals surface area contributed by atoms with Gasteiger partial charge in [0.05, 0.1) is 11.9 Å². The largest absolute Gasteiger partial charge is 0.372 e. The summed E-state index contributed by atoms with van der Waals surface area (Å²) in [5.74, 6) is 0.355. The van der Waals surface area contributed by atoms with Crippen LogP contribution in [0.25, 0.3) is 0 Å². The number of aromatic nitrogens is 2. The van der Waals surface area contributed by atoms with Crippen LogP contribution in [0.5, 0.6) is 0 Å². The first-order valence-electron chi connectivity index (χ1n) is 8.05. The van der Waals surface area contributed by atoms with Crippen LogP contribution >= 0.6 is 0 Å². The molecule has 1 N–H and O–H groups in total. The highest BCUT2D eigenvalue weighted by Gasteiger charge is 2.30. The molecule has 1 aromatic rings. The number of ether oxygens (including phenoxy) is 1. The third-order valence-corrected chi connectivity index (χ3v) is 5.96. The molecule has 2 heterocycles. The van der Waals surface area contributed by atoms with Crippen LogP contribution in [0.1, 0.15) is 45.3 Å². The van der Waals surface area contributed by atoms with Gasteiger partial charge < -0.3 is 10.1 Å². The first-order valence-corrected chi connectivity index (χ1v) is 9.87. The maximum Gasteiger partial charge on any atom is 0.151 e. The van der Waals surface area contributed by atoms with Gasteiger partial charge in [-0.25, -0.2) is 8.42 Å². The van der Waals surface area contributed by atoms with Crippen LogP contribution in [0.4, 0.5) is 0 Å². The lowest BCUT2D eigenvalue weighted by molar-refractivity contribution is -0.0127. The minimum Gasteiger partial charge on any atom is -0.372 e. The van der Waals surface area contributed by atoms with Crippen LogP contribution in [-0.4, -0.2) is 48.4 Å². The molecular weight excluding hydrogens is 302 g/mol. The van der Waals surface area contributed by atoms with Crippen molar-refractivity contribution in [2.24, 2.45) is 0 Å². The summed E-state index contributed by atoms with van der Waals surface area (Å²) in [7, 11) is -2.97. The molecule has 0 amide bonds. The normalized spacial score (nSPS) is 24.3. The summed E-state index contributed by atoms with van der Waals surface area (Å²) in [4.78, 5) is 0. The van der Waals surface area contributed by atoms with Gasteiger partial charge in [-0.15, -0.1) is 0 Å². The van der Waals surface area contributed by atoms with E-state index in [1.54, 1.807) is 6.92 Å². The maximum atomic E-state index is 11.8. The second-order valence-electron chi connectivity index (χ2n) is 5.94. The van der Waals surface area contributed by atoms with E-state index >= 15 is 0 Å². The summed E-state index contributed by atoms with van der Waals surface area (Å²) >= 11 is 0. The Morgan fingerprint density at radius 3 is 2.91 bits per heavy atom. The van der Waals surface area contributed by atoms with Crippen LogP contribution in [0.2, 0.25) is 0 Å². The van der Waals surface area contributed by atoms with E-state index in [0.717, 1.165) is 31.6 Å². The highest BCUT2D eigenvalue weighted by molar-refractivity contribution is 7.91. The second kappa shape index (κ2) is 7.57. The van der Waals surface area contributed by atoms with Gasteiger partial charge in [0.15, 0.2) is 9.84 Å². The zero-order chi connectivity index (χ0) is 16.2. The predicted molar refractivity (Wildman–Crippen MR) is 86.5 cm³/mol. The molecule has 22 heavy (non-hydrogen) atoms. The van der Waals surface area contributed by atoms with Gasteiger partial charge in [0, 0.05) is 42.7 Å². The zero-order valence-electron chi connectivity index (χ0n) is 13.7. The Morgan fingerprint density at radius 1 is 1.50 bits per heavy atom. The van der Waals surface area contributed by atoms with Gasteiger partial charge in [0.2, 0.25) is 0 Å². The molecule has 0 unspecified atom stereocenters. The van der Waals surface area contributed by atoms with Gasteiger partial charge >= 0.3 is 0 Å². The fraction of sp³-hybridized carbons (Fsp3) is 0.800. The van der Waals surface area contributed by atoms with E-state index in [2.05, 4.69) is 10.4 Å². The summed E-state index contributed by atoms with van der Waals surface area (Å²) in [6, 6.07) is 0.0469. The van der Waals surface area contributed by atoms with Gasteiger partial charge in [-0.2, -0.15) is 5.10 Å². The van der Waals surface area contributed by atoms with Crippen molar-refractivity contribution in [3.63, 3.8) is 0 Å². The Morgan fingerprint density at radius 2 is 2.27 bits per heavy atom. The Hall–Kier alpha value is -0.920. The highest BCUT2D eigenvalue weighted by atomic mass is 32.2. The van der Waals surface area contributed by atoms with Crippen LogP contribution in [0.15, 0.2) is 12.4 Å². The fourth-order valence-electron chi connectivity index (χ4n) is 2.89. The Balaban J connectivity index is 2.03. The highest BCUT2D eigenvalue weighted by Crippen LogP contribution is 2.28. The van der Waals surface area contributed by atoms with E-state index in [9.17, 15) is 8.42 Å². The van der Waals surface area contributed by atoms with Crippen LogP contribution in [0, 0.1) is 0 Å². The zero-order valence-corrected chi connectivity index (χ0v) is 14.5. The lowest BCUT2D eigenvalue weighted by Gasteiger charge is -2.34. The molecule has 0 radical (unpaired) electrons. The maximum absolute atomic E-state index is 11.8. The number of aryl methyl sites for hydroxylation is 1. The van der Waals surface area contributed by atoms with Crippen molar-refractivity contribution in [1.82, 2.24) is 15.1 Å². The average molecular weight is 329 g/mol. The van der Waals surface area contributed by atoms with E-state index in [4.69, 9.17) is 4.74 Å². The van der Waals surface area contributed by atoms with Crippen molar-refractivity contribution < 1.29 is 13.2 Å². The molecule has 1 aromatic heterocycles. The predicted octanol–water partition coefficient (Wildman–Crippen LogP) is 1.54. The Kier molecular flexibility index (Phi) is 6.00. The van der Waals surface area contributed by atoms with Gasteiger partial charge in [0.1, 0.15) is 6.10 Å².